The molecule has 1 saturated carbocycles. The van der Waals surface area contributed by atoms with Crippen LogP contribution in [0.2, 0.25) is 0 Å². The Bertz CT molecular complexity index is 290. The maximum Gasteiger partial charge on any atom is 0.316 e. The highest BCUT2D eigenvalue weighted by Crippen LogP contribution is 2.22. The molecule has 2 atom stereocenters. The van der Waals surface area contributed by atoms with E-state index >= 15 is 0 Å². The number of carboxylic acid groups (broad SMARTS) is 1. The lowest BCUT2D eigenvalue weighted by atomic mass is 9.95. The van der Waals surface area contributed by atoms with Crippen molar-refractivity contribution in [3.63, 3.8) is 0 Å². The summed E-state index contributed by atoms with van der Waals surface area (Å²) >= 11 is 1.24. The molecule has 1 fully saturated rings. The minimum absolute atomic E-state index is 0.0217. The number of hydrogen-bond donors (Lipinski definition) is 2. The first-order valence-electron chi connectivity index (χ1n) is 6.73. The fourth-order valence-electron chi connectivity index (χ4n) is 2.20. The van der Waals surface area contributed by atoms with Gasteiger partial charge in [0.25, 0.3) is 0 Å². The lowest BCUT2D eigenvalue weighted by molar-refractivity contribution is -0.136. The van der Waals surface area contributed by atoms with Gasteiger partial charge < -0.3 is 10.4 Å². The topological polar surface area (TPSA) is 66.4 Å². The van der Waals surface area contributed by atoms with E-state index in [4.69, 9.17) is 5.11 Å². The van der Waals surface area contributed by atoms with Crippen molar-refractivity contribution in [3.05, 3.63) is 0 Å². The molecule has 0 aromatic carbocycles. The molecule has 2 N–H and O–H groups in total. The van der Waals surface area contributed by atoms with Crippen LogP contribution in [0.5, 0.6) is 0 Å². The highest BCUT2D eigenvalue weighted by atomic mass is 32.2. The van der Waals surface area contributed by atoms with Crippen LogP contribution in [-0.2, 0) is 9.59 Å². The predicted molar refractivity (Wildman–Crippen MR) is 73.8 cm³/mol. The first-order valence-corrected chi connectivity index (χ1v) is 7.67. The second kappa shape index (κ2) is 7.67. The maximum absolute atomic E-state index is 12.0. The molecule has 1 rings (SSSR count). The minimum Gasteiger partial charge on any atom is -0.480 e. The van der Waals surface area contributed by atoms with E-state index in [1.807, 2.05) is 6.92 Å². The lowest BCUT2D eigenvalue weighted by Crippen LogP contribution is -2.41. The van der Waals surface area contributed by atoms with Crippen molar-refractivity contribution in [2.75, 3.05) is 0 Å². The lowest BCUT2D eigenvalue weighted by Gasteiger charge is -2.25. The number of hydrogen-bond acceptors (Lipinski definition) is 3. The summed E-state index contributed by atoms with van der Waals surface area (Å²) in [5.41, 5.74) is 0. The van der Waals surface area contributed by atoms with E-state index in [-0.39, 0.29) is 11.2 Å². The minimum atomic E-state index is -0.834. The van der Waals surface area contributed by atoms with Gasteiger partial charge in [-0.15, -0.1) is 11.8 Å². The molecule has 1 amide bonds. The summed E-state index contributed by atoms with van der Waals surface area (Å²) in [6.07, 6.45) is 6.27. The van der Waals surface area contributed by atoms with Gasteiger partial charge in [-0.05, 0) is 26.2 Å². The molecule has 0 bridgehead atoms. The van der Waals surface area contributed by atoms with E-state index in [9.17, 15) is 9.59 Å². The van der Waals surface area contributed by atoms with Crippen molar-refractivity contribution in [2.24, 2.45) is 0 Å². The largest absolute Gasteiger partial charge is 0.480 e. The third-order valence-corrected chi connectivity index (χ3v) is 4.82. The Morgan fingerprint density at radius 2 is 1.94 bits per heavy atom. The Balaban J connectivity index is 2.37. The van der Waals surface area contributed by atoms with Crippen LogP contribution in [0.15, 0.2) is 0 Å². The van der Waals surface area contributed by atoms with Gasteiger partial charge in [-0.2, -0.15) is 0 Å². The van der Waals surface area contributed by atoms with Gasteiger partial charge in [0.15, 0.2) is 0 Å². The average Bonchev–Trinajstić information content (AvgIpc) is 2.36. The van der Waals surface area contributed by atoms with Gasteiger partial charge in [-0.3, -0.25) is 9.59 Å². The molecule has 0 spiro atoms. The molecule has 5 heteroatoms. The number of carbonyl (C=O) groups is 2. The molecule has 0 radical (unpaired) electrons. The Hall–Kier alpha value is -0.710. The molecule has 0 heterocycles. The number of carboxylic acids is 1. The van der Waals surface area contributed by atoms with Crippen LogP contribution in [0.25, 0.3) is 0 Å². The van der Waals surface area contributed by atoms with E-state index in [1.54, 1.807) is 6.92 Å². The predicted octanol–water partition coefficient (Wildman–Crippen LogP) is 2.42. The van der Waals surface area contributed by atoms with E-state index in [1.165, 1.54) is 31.0 Å². The molecule has 1 aliphatic carbocycles. The Kier molecular flexibility index (Phi) is 6.54. The summed E-state index contributed by atoms with van der Waals surface area (Å²) in [5, 5.41) is 11.2. The van der Waals surface area contributed by atoms with Crippen LogP contribution in [0.1, 0.15) is 52.4 Å². The van der Waals surface area contributed by atoms with E-state index in [0.717, 1.165) is 12.8 Å². The molecule has 0 aromatic heterocycles. The number of aliphatic carboxylic acids is 1. The molecule has 0 aliphatic heterocycles. The van der Waals surface area contributed by atoms with Crippen LogP contribution >= 0.6 is 11.8 Å². The fraction of sp³-hybridized carbons (Fsp3) is 0.846. The summed E-state index contributed by atoms with van der Waals surface area (Å²) < 4.78 is 0. The van der Waals surface area contributed by atoms with Crippen molar-refractivity contribution < 1.29 is 14.7 Å². The van der Waals surface area contributed by atoms with Crippen molar-refractivity contribution in [2.45, 2.75) is 68.9 Å². The fourth-order valence-corrected chi connectivity index (χ4v) is 3.20. The summed E-state index contributed by atoms with van der Waals surface area (Å²) in [6, 6.07) is 0.291. The smallest absolute Gasteiger partial charge is 0.316 e. The number of nitrogens with one attached hydrogen (secondary N) is 1. The van der Waals surface area contributed by atoms with Gasteiger partial charge in [-0.1, -0.05) is 26.2 Å². The van der Waals surface area contributed by atoms with Crippen molar-refractivity contribution in [1.29, 1.82) is 0 Å². The normalized spacial score (nSPS) is 20.1. The molecule has 1 aliphatic rings. The van der Waals surface area contributed by atoms with Gasteiger partial charge in [-0.25, -0.2) is 0 Å². The van der Waals surface area contributed by atoms with Gasteiger partial charge in [0.2, 0.25) is 5.91 Å². The number of rotatable bonds is 6. The standard InChI is InChI=1S/C13H23NO3S/c1-3-11(13(16)17)18-9(2)12(15)14-10-7-5-4-6-8-10/h9-11H,3-8H2,1-2H3,(H,14,15)(H,16,17). The third kappa shape index (κ3) is 4.88. The van der Waals surface area contributed by atoms with Crippen LogP contribution in [0, 0.1) is 0 Å². The molecule has 104 valence electrons. The van der Waals surface area contributed by atoms with Gasteiger partial charge in [0.05, 0.1) is 5.25 Å². The van der Waals surface area contributed by atoms with Gasteiger partial charge >= 0.3 is 5.97 Å². The van der Waals surface area contributed by atoms with Gasteiger partial charge in [0, 0.05) is 6.04 Å². The Labute approximate surface area is 113 Å². The van der Waals surface area contributed by atoms with E-state index in [2.05, 4.69) is 5.32 Å². The number of carbonyl (C=O) groups excluding carboxylic acids is 1. The molecule has 0 saturated heterocycles. The number of thioether (sulfide) groups is 1. The summed E-state index contributed by atoms with van der Waals surface area (Å²) in [7, 11) is 0. The second-order valence-electron chi connectivity index (χ2n) is 4.86. The second-order valence-corrected chi connectivity index (χ2v) is 6.41. The van der Waals surface area contributed by atoms with Crippen LogP contribution in [0.3, 0.4) is 0 Å². The molecule has 0 aromatic rings. The van der Waals surface area contributed by atoms with E-state index < -0.39 is 11.2 Å². The molecular weight excluding hydrogens is 250 g/mol. The van der Waals surface area contributed by atoms with Crippen molar-refractivity contribution in [3.8, 4) is 0 Å². The quantitative estimate of drug-likeness (QED) is 0.780. The maximum atomic E-state index is 12.0. The summed E-state index contributed by atoms with van der Waals surface area (Å²) in [5.74, 6) is -0.855. The highest BCUT2D eigenvalue weighted by molar-refractivity contribution is 8.01. The van der Waals surface area contributed by atoms with Crippen LogP contribution in [-0.4, -0.2) is 33.5 Å². The highest BCUT2D eigenvalue weighted by Gasteiger charge is 2.25. The molecule has 18 heavy (non-hydrogen) atoms. The van der Waals surface area contributed by atoms with Crippen LogP contribution < -0.4 is 5.32 Å². The number of amides is 1. The SMILES string of the molecule is CCC(SC(C)C(=O)NC1CCCCC1)C(=O)O. The summed E-state index contributed by atoms with van der Waals surface area (Å²) in [6.45, 7) is 3.62. The first-order chi connectivity index (χ1) is 8.54. The Morgan fingerprint density at radius 3 is 2.44 bits per heavy atom. The van der Waals surface area contributed by atoms with Gasteiger partial charge in [0.1, 0.15) is 5.25 Å². The zero-order valence-corrected chi connectivity index (χ0v) is 12.0. The third-order valence-electron chi connectivity index (χ3n) is 3.34. The average molecular weight is 273 g/mol. The molecule has 2 unspecified atom stereocenters. The van der Waals surface area contributed by atoms with Crippen LogP contribution in [0.4, 0.5) is 0 Å². The zero-order valence-electron chi connectivity index (χ0n) is 11.1. The Morgan fingerprint density at radius 1 is 1.33 bits per heavy atom. The van der Waals surface area contributed by atoms with Crippen molar-refractivity contribution >= 4 is 23.6 Å². The summed E-state index contributed by atoms with van der Waals surface area (Å²) in [4.78, 5) is 22.9. The van der Waals surface area contributed by atoms with Crippen molar-refractivity contribution in [1.82, 2.24) is 5.32 Å². The molecule has 4 nitrogen and oxygen atoms in total. The molecular formula is C13H23NO3S. The van der Waals surface area contributed by atoms with E-state index in [0.29, 0.717) is 12.5 Å². The first kappa shape index (κ1) is 15.3. The monoisotopic (exact) mass is 273 g/mol. The zero-order chi connectivity index (χ0) is 13.5.